The Bertz CT molecular complexity index is 785. The molecule has 4 aliphatic carbocycles. The van der Waals surface area contributed by atoms with Gasteiger partial charge >= 0.3 is 0 Å². The van der Waals surface area contributed by atoms with Gasteiger partial charge in [-0.2, -0.15) is 0 Å². The van der Waals surface area contributed by atoms with E-state index in [9.17, 15) is 4.79 Å². The molecule has 0 aromatic rings. The zero-order chi connectivity index (χ0) is 22.1. The Morgan fingerprint density at radius 1 is 1.03 bits per heavy atom. The van der Waals surface area contributed by atoms with E-state index in [1.165, 1.54) is 32.1 Å². The predicted octanol–water partition coefficient (Wildman–Crippen LogP) is 7.46. The molecule has 168 valence electrons. The molecule has 30 heavy (non-hydrogen) atoms. The monoisotopic (exact) mass is 428 g/mol. The van der Waals surface area contributed by atoms with Crippen molar-refractivity contribution in [2.24, 2.45) is 28.6 Å². The summed E-state index contributed by atoms with van der Waals surface area (Å²) in [7, 11) is -1.73. The van der Waals surface area contributed by atoms with E-state index in [1.54, 1.807) is 11.1 Å². The van der Waals surface area contributed by atoms with Crippen molar-refractivity contribution in [1.29, 1.82) is 0 Å². The highest BCUT2D eigenvalue weighted by Gasteiger charge is 2.57. The minimum atomic E-state index is -1.73. The topological polar surface area (TPSA) is 26.3 Å². The van der Waals surface area contributed by atoms with Crippen LogP contribution < -0.4 is 0 Å². The molecule has 3 fully saturated rings. The third-order valence-corrected chi connectivity index (χ3v) is 14.8. The molecule has 0 N–H and O–H groups in total. The van der Waals surface area contributed by atoms with Crippen molar-refractivity contribution in [3.8, 4) is 0 Å². The van der Waals surface area contributed by atoms with Gasteiger partial charge in [0.05, 0.1) is 0 Å². The second kappa shape index (κ2) is 7.17. The Kier molecular flexibility index (Phi) is 5.38. The van der Waals surface area contributed by atoms with Gasteiger partial charge in [0.25, 0.3) is 0 Å². The van der Waals surface area contributed by atoms with Gasteiger partial charge in [-0.25, -0.2) is 0 Å². The molecule has 0 heterocycles. The van der Waals surface area contributed by atoms with Crippen LogP contribution >= 0.6 is 0 Å². The lowest BCUT2D eigenvalue weighted by Crippen LogP contribution is -2.49. The Hall–Kier alpha value is -0.673. The smallest absolute Gasteiger partial charge is 0.192 e. The molecule has 3 heteroatoms. The van der Waals surface area contributed by atoms with Crippen LogP contribution in [-0.2, 0) is 9.22 Å². The van der Waals surface area contributed by atoms with Crippen LogP contribution in [0.2, 0.25) is 18.1 Å². The lowest BCUT2D eigenvalue weighted by Gasteiger charge is -2.55. The van der Waals surface area contributed by atoms with Crippen LogP contribution in [0.1, 0.15) is 86.5 Å². The molecular formula is C27H44O2Si. The van der Waals surface area contributed by atoms with E-state index < -0.39 is 8.32 Å². The number of Topliss-reactive ketones (excluding diaryl/α,β-unsaturated/α-hetero) is 1. The van der Waals surface area contributed by atoms with Gasteiger partial charge in [0.1, 0.15) is 5.78 Å². The zero-order valence-corrected chi connectivity index (χ0v) is 21.7. The Morgan fingerprint density at radius 2 is 1.73 bits per heavy atom. The van der Waals surface area contributed by atoms with Gasteiger partial charge in [-0.15, -0.1) is 0 Å². The van der Waals surface area contributed by atoms with Crippen molar-refractivity contribution in [3.63, 3.8) is 0 Å². The fourth-order valence-corrected chi connectivity index (χ4v) is 8.72. The first-order valence-corrected chi connectivity index (χ1v) is 15.3. The zero-order valence-electron chi connectivity index (χ0n) is 20.7. The van der Waals surface area contributed by atoms with Crippen LogP contribution in [0.3, 0.4) is 0 Å². The molecule has 4 aliphatic rings. The van der Waals surface area contributed by atoms with Crippen LogP contribution in [0.15, 0.2) is 23.3 Å². The fourth-order valence-electron chi connectivity index (χ4n) is 7.33. The van der Waals surface area contributed by atoms with Crippen LogP contribution in [0.5, 0.6) is 0 Å². The van der Waals surface area contributed by atoms with Gasteiger partial charge in [-0.05, 0) is 92.7 Å². The van der Waals surface area contributed by atoms with Gasteiger partial charge in [-0.1, -0.05) is 57.9 Å². The molecule has 0 spiro atoms. The Balaban J connectivity index is 1.58. The standard InChI is InChI=1S/C27H44O2Si/c1-18(28)22-11-12-23-21-10-9-19-17-20(29-30(7,8)25(2,3)4)13-15-26(19,5)24(21)14-16-27(22,23)6/h9-10,20,22-24H,11-17H2,1-8H3/t20?,22-,23+,24+,26+,27-/m1/s1. The van der Waals surface area contributed by atoms with E-state index in [1.807, 2.05) is 6.92 Å². The molecule has 2 nitrogen and oxygen atoms in total. The molecule has 0 aromatic carbocycles. The third kappa shape index (κ3) is 3.34. The number of carbonyl (C=O) groups is 1. The molecular weight excluding hydrogens is 384 g/mol. The molecule has 0 radical (unpaired) electrons. The van der Waals surface area contributed by atoms with Crippen molar-refractivity contribution >= 4 is 14.1 Å². The molecule has 0 saturated heterocycles. The summed E-state index contributed by atoms with van der Waals surface area (Å²) in [6.07, 6.45) is 13.7. The van der Waals surface area contributed by atoms with Crippen molar-refractivity contribution in [2.45, 2.75) is 111 Å². The van der Waals surface area contributed by atoms with Gasteiger partial charge in [0.15, 0.2) is 8.32 Å². The summed E-state index contributed by atoms with van der Waals surface area (Å²) in [6, 6.07) is 0. The molecule has 0 aliphatic heterocycles. The molecule has 4 rings (SSSR count). The lowest BCUT2D eigenvalue weighted by atomic mass is 9.50. The van der Waals surface area contributed by atoms with Gasteiger partial charge in [0.2, 0.25) is 0 Å². The summed E-state index contributed by atoms with van der Waals surface area (Å²) in [5, 5.41) is 0.269. The Morgan fingerprint density at radius 3 is 2.37 bits per heavy atom. The predicted molar refractivity (Wildman–Crippen MR) is 128 cm³/mol. The van der Waals surface area contributed by atoms with E-state index in [-0.39, 0.29) is 16.4 Å². The van der Waals surface area contributed by atoms with Crippen molar-refractivity contribution in [2.75, 3.05) is 0 Å². The maximum atomic E-state index is 12.3. The maximum absolute atomic E-state index is 12.3. The molecule has 0 aromatic heterocycles. The minimum absolute atomic E-state index is 0.193. The summed E-state index contributed by atoms with van der Waals surface area (Å²) in [5.41, 5.74) is 3.81. The van der Waals surface area contributed by atoms with Gasteiger partial charge < -0.3 is 4.43 Å². The Labute approximate surface area is 186 Å². The van der Waals surface area contributed by atoms with Gasteiger partial charge in [0, 0.05) is 12.0 Å². The number of allylic oxidation sites excluding steroid dienone is 3. The lowest BCUT2D eigenvalue weighted by molar-refractivity contribution is -0.124. The number of fused-ring (bicyclic) bond motifs is 5. The molecule has 0 bridgehead atoms. The maximum Gasteiger partial charge on any atom is 0.192 e. The summed E-state index contributed by atoms with van der Waals surface area (Å²) in [4.78, 5) is 12.3. The minimum Gasteiger partial charge on any atom is -0.414 e. The molecule has 6 atom stereocenters. The highest BCUT2D eigenvalue weighted by atomic mass is 28.4. The second-order valence-corrected chi connectivity index (χ2v) is 17.7. The van der Waals surface area contributed by atoms with Crippen molar-refractivity contribution < 1.29 is 9.22 Å². The number of carbonyl (C=O) groups excluding carboxylic acids is 1. The average molecular weight is 429 g/mol. The summed E-state index contributed by atoms with van der Waals surface area (Å²) < 4.78 is 6.84. The summed E-state index contributed by atoms with van der Waals surface area (Å²) in [6.45, 7) is 18.6. The first kappa shape index (κ1) is 22.5. The van der Waals surface area contributed by atoms with Crippen LogP contribution in [0.25, 0.3) is 0 Å². The van der Waals surface area contributed by atoms with Crippen LogP contribution in [0.4, 0.5) is 0 Å². The fraction of sp³-hybridized carbons (Fsp3) is 0.815. The van der Waals surface area contributed by atoms with E-state index >= 15 is 0 Å². The first-order valence-electron chi connectivity index (χ1n) is 12.4. The van der Waals surface area contributed by atoms with E-state index in [2.05, 4.69) is 59.9 Å². The largest absolute Gasteiger partial charge is 0.414 e. The molecule has 0 amide bonds. The highest BCUT2D eigenvalue weighted by Crippen LogP contribution is 2.65. The third-order valence-electron chi connectivity index (χ3n) is 10.3. The summed E-state index contributed by atoms with van der Waals surface area (Å²) >= 11 is 0. The van der Waals surface area contributed by atoms with Gasteiger partial charge in [-0.3, -0.25) is 4.79 Å². The molecule has 3 saturated carbocycles. The second-order valence-electron chi connectivity index (χ2n) is 12.9. The van der Waals surface area contributed by atoms with E-state index in [0.717, 1.165) is 12.8 Å². The van der Waals surface area contributed by atoms with Crippen molar-refractivity contribution in [1.82, 2.24) is 0 Å². The quantitative estimate of drug-likeness (QED) is 0.436. The molecule has 1 unspecified atom stereocenters. The number of rotatable bonds is 3. The van der Waals surface area contributed by atoms with E-state index in [0.29, 0.717) is 29.1 Å². The van der Waals surface area contributed by atoms with Crippen LogP contribution in [0, 0.1) is 28.6 Å². The highest BCUT2D eigenvalue weighted by molar-refractivity contribution is 6.74. The first-order chi connectivity index (χ1) is 13.8. The number of hydrogen-bond donors (Lipinski definition) is 0. The SMILES string of the molecule is CC(=O)[C@H]1CC[C@H]2C3=CC=C4CC(O[Si](C)(C)C(C)(C)C)CC[C@]4(C)[C@H]3CC[C@]12C. The number of hydrogen-bond acceptors (Lipinski definition) is 2. The summed E-state index contributed by atoms with van der Waals surface area (Å²) in [5.74, 6) is 1.98. The van der Waals surface area contributed by atoms with Crippen LogP contribution in [-0.4, -0.2) is 20.2 Å². The average Bonchev–Trinajstić information content (AvgIpc) is 2.98. The van der Waals surface area contributed by atoms with E-state index in [4.69, 9.17) is 4.43 Å². The number of ketones is 1. The van der Waals surface area contributed by atoms with Crippen molar-refractivity contribution in [3.05, 3.63) is 23.3 Å². The normalized spacial score (nSPS) is 41.3.